The number of aromatic nitrogens is 2. The van der Waals surface area contributed by atoms with Gasteiger partial charge in [-0.2, -0.15) is 5.10 Å². The largest absolute Gasteiger partial charge is 0.312 e. The minimum Gasteiger partial charge on any atom is -0.312 e. The van der Waals surface area contributed by atoms with E-state index in [4.69, 9.17) is 0 Å². The van der Waals surface area contributed by atoms with Crippen molar-refractivity contribution in [1.29, 1.82) is 0 Å². The zero-order valence-corrected chi connectivity index (χ0v) is 9.52. The van der Waals surface area contributed by atoms with Crippen molar-refractivity contribution in [3.63, 3.8) is 0 Å². The maximum Gasteiger partial charge on any atom is 0.0534 e. The summed E-state index contributed by atoms with van der Waals surface area (Å²) in [5.74, 6) is 0.905. The molecule has 0 saturated heterocycles. The molecule has 1 atom stereocenters. The summed E-state index contributed by atoms with van der Waals surface area (Å²) in [6.45, 7) is 4.32. The summed E-state index contributed by atoms with van der Waals surface area (Å²) in [4.78, 5) is 0. The molecule has 1 aromatic heterocycles. The van der Waals surface area contributed by atoms with E-state index in [0.29, 0.717) is 6.04 Å². The van der Waals surface area contributed by atoms with Crippen LogP contribution in [0.4, 0.5) is 0 Å². The lowest BCUT2D eigenvalue weighted by molar-refractivity contribution is 0.372. The molecule has 1 aliphatic carbocycles. The maximum absolute atomic E-state index is 4.19. The molecule has 1 aromatic rings. The summed E-state index contributed by atoms with van der Waals surface area (Å²) in [5.41, 5.74) is 0. The van der Waals surface area contributed by atoms with Crippen LogP contribution in [-0.2, 0) is 6.54 Å². The van der Waals surface area contributed by atoms with Crippen molar-refractivity contribution in [2.45, 2.75) is 45.2 Å². The van der Waals surface area contributed by atoms with Gasteiger partial charge in [0, 0.05) is 25.0 Å². The van der Waals surface area contributed by atoms with Gasteiger partial charge in [-0.15, -0.1) is 0 Å². The Morgan fingerprint density at radius 1 is 1.47 bits per heavy atom. The molecule has 2 rings (SSSR count). The molecule has 0 amide bonds. The van der Waals surface area contributed by atoms with Crippen LogP contribution in [0.5, 0.6) is 0 Å². The van der Waals surface area contributed by atoms with Gasteiger partial charge in [0.1, 0.15) is 0 Å². The Morgan fingerprint density at radius 2 is 2.27 bits per heavy atom. The highest BCUT2D eigenvalue weighted by atomic mass is 15.3. The van der Waals surface area contributed by atoms with Crippen molar-refractivity contribution < 1.29 is 0 Å². The van der Waals surface area contributed by atoms with Crippen LogP contribution in [0.2, 0.25) is 0 Å². The SMILES string of the molecule is C[C@@H](NCCn1cccn1)C1CCCC1. The van der Waals surface area contributed by atoms with Gasteiger partial charge in [0.25, 0.3) is 0 Å². The molecule has 15 heavy (non-hydrogen) atoms. The fraction of sp³-hybridized carbons (Fsp3) is 0.750. The van der Waals surface area contributed by atoms with Gasteiger partial charge in [0.2, 0.25) is 0 Å². The molecule has 3 heteroatoms. The molecule has 0 aliphatic heterocycles. The van der Waals surface area contributed by atoms with Gasteiger partial charge in [-0.1, -0.05) is 12.8 Å². The monoisotopic (exact) mass is 207 g/mol. The Morgan fingerprint density at radius 3 is 2.93 bits per heavy atom. The lowest BCUT2D eigenvalue weighted by atomic mass is 10.00. The third-order valence-corrected chi connectivity index (χ3v) is 3.47. The summed E-state index contributed by atoms with van der Waals surface area (Å²) in [6, 6.07) is 2.64. The average Bonchev–Trinajstić information content (AvgIpc) is 2.90. The Balaban J connectivity index is 1.64. The Kier molecular flexibility index (Phi) is 3.78. The first kappa shape index (κ1) is 10.7. The summed E-state index contributed by atoms with van der Waals surface area (Å²) in [5, 5.41) is 7.79. The van der Waals surface area contributed by atoms with Crippen LogP contribution < -0.4 is 5.32 Å². The maximum atomic E-state index is 4.19. The van der Waals surface area contributed by atoms with Crippen molar-refractivity contribution >= 4 is 0 Å². The van der Waals surface area contributed by atoms with E-state index in [2.05, 4.69) is 17.3 Å². The molecule has 3 nitrogen and oxygen atoms in total. The summed E-state index contributed by atoms with van der Waals surface area (Å²) >= 11 is 0. The number of rotatable bonds is 5. The van der Waals surface area contributed by atoms with E-state index >= 15 is 0 Å². The number of nitrogens with zero attached hydrogens (tertiary/aromatic N) is 2. The lowest BCUT2D eigenvalue weighted by Crippen LogP contribution is -2.34. The van der Waals surface area contributed by atoms with Gasteiger partial charge in [0.15, 0.2) is 0 Å². The molecule has 0 aromatic carbocycles. The molecule has 84 valence electrons. The molecule has 0 unspecified atom stereocenters. The fourth-order valence-electron chi connectivity index (χ4n) is 2.46. The molecule has 0 radical (unpaired) electrons. The summed E-state index contributed by atoms with van der Waals surface area (Å²) in [6.07, 6.45) is 9.53. The Hall–Kier alpha value is -0.830. The fourth-order valence-corrected chi connectivity index (χ4v) is 2.46. The summed E-state index contributed by atoms with van der Waals surface area (Å²) in [7, 11) is 0. The molecule has 0 bridgehead atoms. The van der Waals surface area contributed by atoms with Crippen molar-refractivity contribution in [2.75, 3.05) is 6.54 Å². The van der Waals surface area contributed by atoms with Crippen LogP contribution >= 0.6 is 0 Å². The first-order valence-corrected chi connectivity index (χ1v) is 6.07. The van der Waals surface area contributed by atoms with E-state index in [1.54, 1.807) is 0 Å². The third kappa shape index (κ3) is 3.06. The van der Waals surface area contributed by atoms with Crippen LogP contribution in [0.25, 0.3) is 0 Å². The van der Waals surface area contributed by atoms with Crippen molar-refractivity contribution in [3.8, 4) is 0 Å². The highest BCUT2D eigenvalue weighted by Crippen LogP contribution is 2.27. The van der Waals surface area contributed by atoms with Crippen LogP contribution in [0.15, 0.2) is 18.5 Å². The summed E-state index contributed by atoms with van der Waals surface area (Å²) < 4.78 is 1.98. The first-order valence-electron chi connectivity index (χ1n) is 6.07. The molecule has 1 aliphatic rings. The molecular weight excluding hydrogens is 186 g/mol. The zero-order chi connectivity index (χ0) is 10.5. The van der Waals surface area contributed by atoms with Crippen LogP contribution in [0, 0.1) is 5.92 Å². The Bertz CT molecular complexity index is 262. The quantitative estimate of drug-likeness (QED) is 0.801. The second-order valence-electron chi connectivity index (χ2n) is 4.56. The minimum atomic E-state index is 0.670. The second kappa shape index (κ2) is 5.31. The zero-order valence-electron chi connectivity index (χ0n) is 9.52. The molecule has 1 N–H and O–H groups in total. The molecule has 1 fully saturated rings. The molecule has 0 spiro atoms. The number of nitrogens with one attached hydrogen (secondary N) is 1. The van der Waals surface area contributed by atoms with Gasteiger partial charge in [-0.25, -0.2) is 0 Å². The predicted molar refractivity (Wildman–Crippen MR) is 61.6 cm³/mol. The Labute approximate surface area is 91.9 Å². The normalized spacial score (nSPS) is 19.5. The second-order valence-corrected chi connectivity index (χ2v) is 4.56. The van der Waals surface area contributed by atoms with Crippen LogP contribution in [0.1, 0.15) is 32.6 Å². The highest BCUT2D eigenvalue weighted by Gasteiger charge is 2.20. The van der Waals surface area contributed by atoms with Gasteiger partial charge in [-0.05, 0) is 31.7 Å². The van der Waals surface area contributed by atoms with Crippen LogP contribution in [0.3, 0.4) is 0 Å². The molecule has 1 saturated carbocycles. The number of hydrogen-bond acceptors (Lipinski definition) is 2. The number of hydrogen-bond donors (Lipinski definition) is 1. The van der Waals surface area contributed by atoms with Gasteiger partial charge in [-0.3, -0.25) is 4.68 Å². The lowest BCUT2D eigenvalue weighted by Gasteiger charge is -2.20. The standard InChI is InChI=1S/C12H21N3/c1-11(12-5-2-3-6-12)13-8-10-15-9-4-7-14-15/h4,7,9,11-13H,2-3,5-6,8,10H2,1H3/t11-/m1/s1. The van der Waals surface area contributed by atoms with Crippen LogP contribution in [-0.4, -0.2) is 22.4 Å². The topological polar surface area (TPSA) is 29.9 Å². The van der Waals surface area contributed by atoms with E-state index in [9.17, 15) is 0 Å². The van der Waals surface area contributed by atoms with E-state index in [0.717, 1.165) is 19.0 Å². The van der Waals surface area contributed by atoms with Crippen molar-refractivity contribution in [3.05, 3.63) is 18.5 Å². The molecule has 1 heterocycles. The van der Waals surface area contributed by atoms with Crippen molar-refractivity contribution in [2.24, 2.45) is 5.92 Å². The molecular formula is C12H21N3. The predicted octanol–water partition coefficient (Wildman–Crippen LogP) is 2.05. The van der Waals surface area contributed by atoms with E-state index < -0.39 is 0 Å². The van der Waals surface area contributed by atoms with Crippen molar-refractivity contribution in [1.82, 2.24) is 15.1 Å². The average molecular weight is 207 g/mol. The van der Waals surface area contributed by atoms with E-state index in [1.807, 2.05) is 23.1 Å². The highest BCUT2D eigenvalue weighted by molar-refractivity contribution is 4.79. The van der Waals surface area contributed by atoms with Gasteiger partial charge < -0.3 is 5.32 Å². The third-order valence-electron chi connectivity index (χ3n) is 3.47. The van der Waals surface area contributed by atoms with E-state index in [-0.39, 0.29) is 0 Å². The minimum absolute atomic E-state index is 0.670. The smallest absolute Gasteiger partial charge is 0.0534 e. The van der Waals surface area contributed by atoms with Gasteiger partial charge in [0.05, 0.1) is 6.54 Å². The first-order chi connectivity index (χ1) is 7.36. The van der Waals surface area contributed by atoms with Gasteiger partial charge >= 0.3 is 0 Å². The van der Waals surface area contributed by atoms with E-state index in [1.165, 1.54) is 25.7 Å².